The Hall–Kier alpha value is -3.46. The fourth-order valence-corrected chi connectivity index (χ4v) is 2.31. The Morgan fingerprint density at radius 2 is 2.04 bits per heavy atom. The van der Waals surface area contributed by atoms with Gasteiger partial charge in [0.2, 0.25) is 12.6 Å². The summed E-state index contributed by atoms with van der Waals surface area (Å²) in [5.41, 5.74) is 0.780. The Labute approximate surface area is 138 Å². The van der Waals surface area contributed by atoms with Gasteiger partial charge in [0.25, 0.3) is 0 Å². The minimum atomic E-state index is -0.439. The maximum absolute atomic E-state index is 12.5. The average Bonchev–Trinajstić information content (AvgIpc) is 3.07. The molecule has 2 aromatic rings. The van der Waals surface area contributed by atoms with Crippen LogP contribution in [0.25, 0.3) is 6.08 Å². The van der Waals surface area contributed by atoms with Crippen molar-refractivity contribution in [1.82, 2.24) is 0 Å². The zero-order valence-corrected chi connectivity index (χ0v) is 12.8. The molecular weight excluding hydrogens is 310 g/mol. The summed E-state index contributed by atoms with van der Waals surface area (Å²) in [6, 6.07) is 11.3. The molecule has 1 aliphatic heterocycles. The molecule has 0 atom stereocenters. The lowest BCUT2D eigenvalue weighted by Gasteiger charge is -2.05. The monoisotopic (exact) mass is 323 g/mol. The molecule has 6 nitrogen and oxygen atoms in total. The Morgan fingerprint density at radius 1 is 1.25 bits per heavy atom. The van der Waals surface area contributed by atoms with Crippen LogP contribution in [0.2, 0.25) is 0 Å². The molecule has 3 rings (SSSR count). The Kier molecular flexibility index (Phi) is 4.08. The third-order valence-electron chi connectivity index (χ3n) is 3.51. The minimum Gasteiger partial charge on any atom is -0.504 e. The molecule has 2 aromatic carbocycles. The van der Waals surface area contributed by atoms with E-state index in [9.17, 15) is 15.2 Å². The second-order valence-corrected chi connectivity index (χ2v) is 5.00. The van der Waals surface area contributed by atoms with Crippen molar-refractivity contribution < 1.29 is 24.1 Å². The summed E-state index contributed by atoms with van der Waals surface area (Å²) >= 11 is 0. The highest BCUT2D eigenvalue weighted by atomic mass is 16.7. The van der Waals surface area contributed by atoms with E-state index in [1.165, 1.54) is 19.3 Å². The van der Waals surface area contributed by atoms with E-state index in [0.29, 0.717) is 28.4 Å². The number of rotatable bonds is 4. The van der Waals surface area contributed by atoms with E-state index in [-0.39, 0.29) is 18.1 Å². The molecule has 0 aromatic heterocycles. The first kappa shape index (κ1) is 15.4. The van der Waals surface area contributed by atoms with Gasteiger partial charge in [-0.15, -0.1) is 0 Å². The van der Waals surface area contributed by atoms with Crippen molar-refractivity contribution in [1.29, 1.82) is 5.26 Å². The number of fused-ring (bicyclic) bond motifs is 1. The fraction of sp³-hybridized carbons (Fsp3) is 0.111. The number of nitrogens with zero attached hydrogens (tertiary/aromatic N) is 1. The van der Waals surface area contributed by atoms with Crippen LogP contribution in [0.15, 0.2) is 42.0 Å². The number of nitriles is 1. The van der Waals surface area contributed by atoms with Gasteiger partial charge in [0.05, 0.1) is 7.11 Å². The van der Waals surface area contributed by atoms with E-state index >= 15 is 0 Å². The summed E-state index contributed by atoms with van der Waals surface area (Å²) in [7, 11) is 1.44. The molecule has 0 aliphatic carbocycles. The second-order valence-electron chi connectivity index (χ2n) is 5.00. The quantitative estimate of drug-likeness (QED) is 0.529. The van der Waals surface area contributed by atoms with Gasteiger partial charge in [0.1, 0.15) is 11.6 Å². The van der Waals surface area contributed by atoms with Crippen LogP contribution in [0, 0.1) is 11.3 Å². The van der Waals surface area contributed by atoms with Gasteiger partial charge in [-0.3, -0.25) is 4.79 Å². The van der Waals surface area contributed by atoms with Gasteiger partial charge in [-0.2, -0.15) is 5.26 Å². The van der Waals surface area contributed by atoms with Gasteiger partial charge in [0.15, 0.2) is 23.0 Å². The number of Topliss-reactive ketones (excluding diaryl/α,β-unsaturated/α-hetero) is 1. The van der Waals surface area contributed by atoms with Gasteiger partial charge >= 0.3 is 0 Å². The molecular formula is C18H13NO5. The second kappa shape index (κ2) is 6.34. The van der Waals surface area contributed by atoms with Gasteiger partial charge in [-0.05, 0) is 42.0 Å². The lowest BCUT2D eigenvalue weighted by Crippen LogP contribution is -2.02. The lowest BCUT2D eigenvalue weighted by molar-refractivity contribution is 0.103. The number of carbonyl (C=O) groups is 1. The van der Waals surface area contributed by atoms with E-state index in [0.717, 1.165) is 0 Å². The van der Waals surface area contributed by atoms with Crippen LogP contribution in [0.3, 0.4) is 0 Å². The number of phenols is 1. The van der Waals surface area contributed by atoms with Crippen LogP contribution in [0.1, 0.15) is 15.9 Å². The number of phenolic OH excluding ortho intramolecular Hbond substituents is 1. The van der Waals surface area contributed by atoms with Crippen LogP contribution in [0.4, 0.5) is 0 Å². The summed E-state index contributed by atoms with van der Waals surface area (Å²) in [5.74, 6) is 0.840. The highest BCUT2D eigenvalue weighted by molar-refractivity contribution is 6.14. The normalized spacial score (nSPS) is 12.6. The molecule has 0 saturated heterocycles. The zero-order chi connectivity index (χ0) is 17.1. The van der Waals surface area contributed by atoms with Crippen molar-refractivity contribution in [2.75, 3.05) is 13.9 Å². The van der Waals surface area contributed by atoms with Crippen LogP contribution >= 0.6 is 0 Å². The fourth-order valence-electron chi connectivity index (χ4n) is 2.31. The third-order valence-corrected chi connectivity index (χ3v) is 3.51. The predicted octanol–water partition coefficient (Wildman–Crippen LogP) is 2.92. The van der Waals surface area contributed by atoms with Crippen molar-refractivity contribution in [2.45, 2.75) is 0 Å². The first-order valence-electron chi connectivity index (χ1n) is 7.05. The highest BCUT2D eigenvalue weighted by Gasteiger charge is 2.18. The van der Waals surface area contributed by atoms with E-state index in [1.807, 2.05) is 6.07 Å². The number of ketones is 1. The molecule has 0 saturated carbocycles. The standard InChI is InChI=1S/C18H13NO5/c1-22-15-4-2-11(7-14(15)20)6-13(9-19)18(21)12-3-5-16-17(8-12)24-10-23-16/h2-8,20H,10H2,1H3/b13-6+. The average molecular weight is 323 g/mol. The molecule has 0 unspecified atom stereocenters. The molecule has 1 N–H and O–H groups in total. The molecule has 6 heteroatoms. The van der Waals surface area contributed by atoms with E-state index in [1.54, 1.807) is 30.3 Å². The molecule has 1 heterocycles. The van der Waals surface area contributed by atoms with Crippen molar-refractivity contribution >= 4 is 11.9 Å². The molecule has 0 amide bonds. The van der Waals surface area contributed by atoms with Crippen LogP contribution in [-0.4, -0.2) is 24.8 Å². The largest absolute Gasteiger partial charge is 0.504 e. The number of allylic oxidation sites excluding steroid dienone is 1. The summed E-state index contributed by atoms with van der Waals surface area (Å²) < 4.78 is 15.4. The number of hydrogen-bond donors (Lipinski definition) is 1. The number of ether oxygens (including phenoxy) is 3. The first-order valence-corrected chi connectivity index (χ1v) is 7.05. The maximum Gasteiger partial charge on any atom is 0.231 e. The number of benzene rings is 2. The predicted molar refractivity (Wildman–Crippen MR) is 85.1 cm³/mol. The van der Waals surface area contributed by atoms with E-state index in [2.05, 4.69) is 0 Å². The van der Waals surface area contributed by atoms with Crippen molar-refractivity contribution in [2.24, 2.45) is 0 Å². The summed E-state index contributed by atoms with van der Waals surface area (Å²) in [4.78, 5) is 12.5. The number of carbonyl (C=O) groups excluding carboxylic acids is 1. The summed E-state index contributed by atoms with van der Waals surface area (Å²) in [6.07, 6.45) is 1.41. The molecule has 0 bridgehead atoms. The smallest absolute Gasteiger partial charge is 0.231 e. The van der Waals surface area contributed by atoms with Crippen LogP contribution in [-0.2, 0) is 0 Å². The first-order chi connectivity index (χ1) is 11.6. The van der Waals surface area contributed by atoms with Gasteiger partial charge in [0, 0.05) is 5.56 Å². The van der Waals surface area contributed by atoms with Crippen molar-refractivity contribution in [3.05, 3.63) is 53.1 Å². The molecule has 1 aliphatic rings. The van der Waals surface area contributed by atoms with Gasteiger partial charge in [-0.1, -0.05) is 6.07 Å². The molecule has 0 fully saturated rings. The van der Waals surface area contributed by atoms with Gasteiger partial charge in [-0.25, -0.2) is 0 Å². The van der Waals surface area contributed by atoms with Crippen molar-refractivity contribution in [3.63, 3.8) is 0 Å². The molecule has 0 spiro atoms. The highest BCUT2D eigenvalue weighted by Crippen LogP contribution is 2.33. The SMILES string of the molecule is COc1ccc(/C=C(\C#N)C(=O)c2ccc3c(c2)OCO3)cc1O. The maximum atomic E-state index is 12.5. The summed E-state index contributed by atoms with van der Waals surface area (Å²) in [5, 5.41) is 19.1. The third kappa shape index (κ3) is 2.88. The number of aromatic hydroxyl groups is 1. The Balaban J connectivity index is 1.92. The zero-order valence-electron chi connectivity index (χ0n) is 12.8. The van der Waals surface area contributed by atoms with Gasteiger partial charge < -0.3 is 19.3 Å². The minimum absolute atomic E-state index is 0.0570. The molecule has 120 valence electrons. The van der Waals surface area contributed by atoms with Crippen molar-refractivity contribution in [3.8, 4) is 29.1 Å². The summed E-state index contributed by atoms with van der Waals surface area (Å²) in [6.45, 7) is 0.110. The number of methoxy groups -OCH3 is 1. The topological polar surface area (TPSA) is 88.8 Å². The Morgan fingerprint density at radius 3 is 2.75 bits per heavy atom. The van der Waals surface area contributed by atoms with E-state index < -0.39 is 5.78 Å². The van der Waals surface area contributed by atoms with E-state index in [4.69, 9.17) is 14.2 Å². The lowest BCUT2D eigenvalue weighted by atomic mass is 10.0. The van der Waals surface area contributed by atoms with Crippen LogP contribution in [0.5, 0.6) is 23.0 Å². The molecule has 24 heavy (non-hydrogen) atoms. The molecule has 0 radical (unpaired) electrons. The van der Waals surface area contributed by atoms with Crippen LogP contribution < -0.4 is 14.2 Å². The number of hydrogen-bond acceptors (Lipinski definition) is 6. The Bertz CT molecular complexity index is 879.